The largest absolute Gasteiger partial charge is 0.481 e. The molecule has 0 saturated carbocycles. The molecule has 0 aromatic heterocycles. The molecule has 0 saturated heterocycles. The molecule has 0 radical (unpaired) electrons. The predicted octanol–water partition coefficient (Wildman–Crippen LogP) is 0.843. The Labute approximate surface area is 89.6 Å². The smallest absolute Gasteiger partial charge is 0.312 e. The number of hydrogen-bond acceptors (Lipinski definition) is 3. The van der Waals surface area contributed by atoms with E-state index in [1.165, 1.54) is 0 Å². The normalized spacial score (nSPS) is 30.4. The van der Waals surface area contributed by atoms with Crippen molar-refractivity contribution >= 4 is 5.97 Å². The maximum absolute atomic E-state index is 11.1. The second-order valence-electron chi connectivity index (χ2n) is 4.53. The summed E-state index contributed by atoms with van der Waals surface area (Å²) in [4.78, 5) is 11.1. The number of allylic oxidation sites excluding steroid dienone is 1. The van der Waals surface area contributed by atoms with Crippen LogP contribution in [0.3, 0.4) is 0 Å². The van der Waals surface area contributed by atoms with Gasteiger partial charge in [-0.15, -0.1) is 0 Å². The van der Waals surface area contributed by atoms with E-state index < -0.39 is 17.4 Å². The minimum Gasteiger partial charge on any atom is -0.481 e. The van der Waals surface area contributed by atoms with Crippen molar-refractivity contribution in [3.8, 4) is 0 Å². The molecule has 2 unspecified atom stereocenters. The number of carboxylic acids is 1. The fourth-order valence-corrected chi connectivity index (χ4v) is 2.04. The van der Waals surface area contributed by atoms with Gasteiger partial charge in [-0.3, -0.25) is 4.79 Å². The molecule has 1 rings (SSSR count). The number of hydrogen-bond donors (Lipinski definition) is 3. The summed E-state index contributed by atoms with van der Waals surface area (Å²) in [6, 6.07) is 0. The molecule has 84 valence electrons. The van der Waals surface area contributed by atoms with Crippen molar-refractivity contribution in [1.29, 1.82) is 0 Å². The molecule has 1 aliphatic carbocycles. The first kappa shape index (κ1) is 11.8. The molecule has 0 aromatic rings. The van der Waals surface area contributed by atoms with Crippen molar-refractivity contribution < 1.29 is 9.90 Å². The minimum atomic E-state index is -0.904. The molecule has 1 aliphatic rings. The first-order valence-corrected chi connectivity index (χ1v) is 5.03. The van der Waals surface area contributed by atoms with Gasteiger partial charge in [-0.1, -0.05) is 19.9 Å². The maximum Gasteiger partial charge on any atom is 0.312 e. The first-order chi connectivity index (χ1) is 6.85. The van der Waals surface area contributed by atoms with Gasteiger partial charge in [0.25, 0.3) is 0 Å². The molecule has 0 aliphatic heterocycles. The van der Waals surface area contributed by atoms with E-state index in [1.54, 1.807) is 18.2 Å². The lowest BCUT2D eigenvalue weighted by atomic mass is 9.75. The van der Waals surface area contributed by atoms with Crippen LogP contribution in [0, 0.1) is 11.8 Å². The Morgan fingerprint density at radius 2 is 2.27 bits per heavy atom. The van der Waals surface area contributed by atoms with Crippen molar-refractivity contribution in [1.82, 2.24) is 0 Å². The average molecular weight is 210 g/mol. The molecule has 0 fully saturated rings. The minimum absolute atomic E-state index is 0.326. The summed E-state index contributed by atoms with van der Waals surface area (Å²) in [5.74, 6) is -1.27. The lowest BCUT2D eigenvalue weighted by Crippen LogP contribution is -2.50. The highest BCUT2D eigenvalue weighted by atomic mass is 16.4. The third-order valence-electron chi connectivity index (χ3n) is 2.52. The van der Waals surface area contributed by atoms with Crippen molar-refractivity contribution in [2.75, 3.05) is 0 Å². The Bertz CT molecular complexity index is 321. The maximum atomic E-state index is 11.1. The Morgan fingerprint density at radius 1 is 1.67 bits per heavy atom. The van der Waals surface area contributed by atoms with E-state index in [0.29, 0.717) is 18.0 Å². The van der Waals surface area contributed by atoms with E-state index in [-0.39, 0.29) is 0 Å². The highest BCUT2D eigenvalue weighted by Crippen LogP contribution is 2.30. The lowest BCUT2D eigenvalue weighted by Gasteiger charge is -2.34. The van der Waals surface area contributed by atoms with Crippen LogP contribution in [0.1, 0.15) is 20.3 Å². The SMILES string of the molecule is CC(C)CC1(N)C=C(N)C=CC1C(=O)O. The zero-order valence-electron chi connectivity index (χ0n) is 9.10. The fraction of sp³-hybridized carbons (Fsp3) is 0.545. The number of carboxylic acid groups (broad SMARTS) is 1. The molecule has 5 N–H and O–H groups in total. The van der Waals surface area contributed by atoms with Gasteiger partial charge in [0.1, 0.15) is 0 Å². The van der Waals surface area contributed by atoms with E-state index in [4.69, 9.17) is 16.6 Å². The van der Waals surface area contributed by atoms with Crippen LogP contribution >= 0.6 is 0 Å². The molecule has 0 amide bonds. The molecule has 4 nitrogen and oxygen atoms in total. The van der Waals surface area contributed by atoms with Crippen LogP contribution in [0.2, 0.25) is 0 Å². The summed E-state index contributed by atoms with van der Waals surface area (Å²) in [6.07, 6.45) is 5.44. The van der Waals surface area contributed by atoms with Crippen LogP contribution in [-0.4, -0.2) is 16.6 Å². The standard InChI is InChI=1S/C11H18N2O2/c1-7(2)5-11(13)6-8(12)3-4-9(11)10(14)15/h3-4,6-7,9H,5,12-13H2,1-2H3,(H,14,15). The number of carbonyl (C=O) groups is 1. The van der Waals surface area contributed by atoms with Gasteiger partial charge in [-0.25, -0.2) is 0 Å². The Hall–Kier alpha value is -1.29. The van der Waals surface area contributed by atoms with Gasteiger partial charge >= 0.3 is 5.97 Å². The molecule has 2 atom stereocenters. The van der Waals surface area contributed by atoms with Crippen LogP contribution < -0.4 is 11.5 Å². The quantitative estimate of drug-likeness (QED) is 0.644. The second kappa shape index (κ2) is 4.06. The van der Waals surface area contributed by atoms with E-state index >= 15 is 0 Å². The third kappa shape index (κ3) is 2.59. The van der Waals surface area contributed by atoms with E-state index in [9.17, 15) is 4.79 Å². The number of nitrogens with two attached hydrogens (primary N) is 2. The summed E-state index contributed by atoms with van der Waals surface area (Å²) < 4.78 is 0. The molecule has 0 heterocycles. The van der Waals surface area contributed by atoms with E-state index in [0.717, 1.165) is 0 Å². The highest BCUT2D eigenvalue weighted by molar-refractivity contribution is 5.75. The molecule has 0 bridgehead atoms. The van der Waals surface area contributed by atoms with Crippen LogP contribution in [0.25, 0.3) is 0 Å². The molecular formula is C11H18N2O2. The van der Waals surface area contributed by atoms with Crippen molar-refractivity contribution in [2.24, 2.45) is 23.3 Å². The Kier molecular flexibility index (Phi) is 3.19. The predicted molar refractivity (Wildman–Crippen MR) is 58.9 cm³/mol. The molecule has 0 spiro atoms. The zero-order valence-corrected chi connectivity index (χ0v) is 9.10. The third-order valence-corrected chi connectivity index (χ3v) is 2.52. The second-order valence-corrected chi connectivity index (χ2v) is 4.53. The van der Waals surface area contributed by atoms with Gasteiger partial charge in [0.05, 0.1) is 11.5 Å². The Balaban J connectivity index is 2.99. The van der Waals surface area contributed by atoms with E-state index in [2.05, 4.69) is 0 Å². The molecular weight excluding hydrogens is 192 g/mol. The fourth-order valence-electron chi connectivity index (χ4n) is 2.04. The topological polar surface area (TPSA) is 89.3 Å². The van der Waals surface area contributed by atoms with Crippen LogP contribution in [0.15, 0.2) is 23.9 Å². The number of aliphatic carboxylic acids is 1. The van der Waals surface area contributed by atoms with Gasteiger partial charge in [-0.05, 0) is 24.5 Å². The molecule has 15 heavy (non-hydrogen) atoms. The van der Waals surface area contributed by atoms with Crippen LogP contribution in [0.4, 0.5) is 0 Å². The monoisotopic (exact) mass is 210 g/mol. The summed E-state index contributed by atoms with van der Waals surface area (Å²) in [6.45, 7) is 4.02. The van der Waals surface area contributed by atoms with Gasteiger partial charge in [0.15, 0.2) is 0 Å². The van der Waals surface area contributed by atoms with Crippen molar-refractivity contribution in [2.45, 2.75) is 25.8 Å². The zero-order chi connectivity index (χ0) is 11.6. The van der Waals surface area contributed by atoms with Crippen molar-refractivity contribution in [3.05, 3.63) is 23.9 Å². The van der Waals surface area contributed by atoms with Crippen LogP contribution in [-0.2, 0) is 4.79 Å². The summed E-state index contributed by atoms with van der Waals surface area (Å²) in [5, 5.41) is 9.07. The lowest BCUT2D eigenvalue weighted by molar-refractivity contribution is -0.141. The van der Waals surface area contributed by atoms with E-state index in [1.807, 2.05) is 13.8 Å². The van der Waals surface area contributed by atoms with Gasteiger partial charge < -0.3 is 16.6 Å². The summed E-state index contributed by atoms with van der Waals surface area (Å²) in [7, 11) is 0. The number of rotatable bonds is 3. The van der Waals surface area contributed by atoms with Gasteiger partial charge in [-0.2, -0.15) is 0 Å². The van der Waals surface area contributed by atoms with Crippen molar-refractivity contribution in [3.63, 3.8) is 0 Å². The van der Waals surface area contributed by atoms with Gasteiger partial charge in [0.2, 0.25) is 0 Å². The highest BCUT2D eigenvalue weighted by Gasteiger charge is 2.38. The summed E-state index contributed by atoms with van der Waals surface area (Å²) in [5.41, 5.74) is 11.4. The molecule has 4 heteroatoms. The molecule has 0 aromatic carbocycles. The average Bonchev–Trinajstić information content (AvgIpc) is 1.99. The summed E-state index contributed by atoms with van der Waals surface area (Å²) >= 11 is 0. The first-order valence-electron chi connectivity index (χ1n) is 5.03. The van der Waals surface area contributed by atoms with Gasteiger partial charge in [0, 0.05) is 5.70 Å². The Morgan fingerprint density at radius 3 is 2.73 bits per heavy atom. The van der Waals surface area contributed by atoms with Crippen LogP contribution in [0.5, 0.6) is 0 Å².